The van der Waals surface area contributed by atoms with Crippen molar-refractivity contribution in [1.29, 1.82) is 0 Å². The fourth-order valence-electron chi connectivity index (χ4n) is 5.55. The molecule has 0 unspecified atom stereocenters. The Balaban J connectivity index is 0.000000188. The average molecular weight is 802 g/mol. The van der Waals surface area contributed by atoms with Gasteiger partial charge < -0.3 is 23.1 Å². The molecule has 0 aliphatic heterocycles. The molecule has 0 amide bonds. The van der Waals surface area contributed by atoms with E-state index in [9.17, 15) is 26.4 Å². The Labute approximate surface area is 320 Å². The topological polar surface area (TPSA) is 203 Å². The van der Waals surface area contributed by atoms with Crippen LogP contribution in [-0.4, -0.2) is 65.3 Å². The first-order chi connectivity index (χ1) is 27.1. The number of benzene rings is 1. The number of hydrogen-bond donors (Lipinski definition) is 1. The molecule has 1 aromatic carbocycles. The summed E-state index contributed by atoms with van der Waals surface area (Å²) in [4.78, 5) is 37.1. The van der Waals surface area contributed by atoms with Crippen LogP contribution >= 0.6 is 0 Å². The highest BCUT2D eigenvalue weighted by Crippen LogP contribution is 2.42. The van der Waals surface area contributed by atoms with E-state index in [0.717, 1.165) is 22.2 Å². The second-order valence-corrected chi connectivity index (χ2v) is 14.5. The molecule has 0 bridgehead atoms. The number of nitrogens with one attached hydrogen (secondary N) is 1. The van der Waals surface area contributed by atoms with Crippen LogP contribution in [0.2, 0.25) is 0 Å². The van der Waals surface area contributed by atoms with Crippen LogP contribution in [0.1, 0.15) is 33.4 Å². The van der Waals surface area contributed by atoms with Crippen LogP contribution in [0.4, 0.5) is 29.3 Å². The molecule has 0 aliphatic carbocycles. The quantitative estimate of drug-likeness (QED) is 0.119. The van der Waals surface area contributed by atoms with Gasteiger partial charge in [-0.3, -0.25) is 9.97 Å². The second-order valence-electron chi connectivity index (χ2n) is 13.0. The van der Waals surface area contributed by atoms with Gasteiger partial charge in [0.2, 0.25) is 5.76 Å². The number of fused-ring (bicyclic) bond motifs is 3. The fraction of sp³-hybridized carbons (Fsp3) is 0.189. The second kappa shape index (κ2) is 14.9. The largest absolute Gasteiger partial charge is 0.534 e. The maximum atomic E-state index is 12.9. The summed E-state index contributed by atoms with van der Waals surface area (Å²) in [6.45, 7) is 7.49. The van der Waals surface area contributed by atoms with Gasteiger partial charge in [0.25, 0.3) is 0 Å². The predicted octanol–water partition coefficient (Wildman–Crippen LogP) is 8.24. The average Bonchev–Trinajstić information content (AvgIpc) is 3.87. The van der Waals surface area contributed by atoms with Crippen LogP contribution < -0.4 is 9.50 Å². The number of aryl methyl sites for hydroxylation is 1. The van der Waals surface area contributed by atoms with Crippen molar-refractivity contribution >= 4 is 60.4 Å². The molecule has 0 saturated heterocycles. The summed E-state index contributed by atoms with van der Waals surface area (Å²) in [7, 11) is -5.88. The number of nitrogens with zero attached hydrogens (tertiary/aromatic N) is 8. The molecule has 0 aliphatic rings. The SMILES string of the molecule is CCc1nn(C(=O)OC(C)(C)C)c2cccc(Nc3c(-c4ncccn4)oc4cnccc34)c12.O=S(=O)(Oc1c(-c2ncccn2)oc2cnccc12)C(F)(F)F. The van der Waals surface area contributed by atoms with Crippen molar-refractivity contribution in [3.63, 3.8) is 0 Å². The Morgan fingerprint density at radius 3 is 1.98 bits per heavy atom. The Morgan fingerprint density at radius 1 is 0.807 bits per heavy atom. The Kier molecular flexibility index (Phi) is 10.0. The first kappa shape index (κ1) is 38.3. The van der Waals surface area contributed by atoms with Crippen molar-refractivity contribution in [2.75, 3.05) is 5.32 Å². The van der Waals surface area contributed by atoms with E-state index in [1.807, 2.05) is 52.0 Å². The van der Waals surface area contributed by atoms with Crippen molar-refractivity contribution in [2.24, 2.45) is 0 Å². The van der Waals surface area contributed by atoms with Gasteiger partial charge >= 0.3 is 21.7 Å². The van der Waals surface area contributed by atoms with Crippen LogP contribution in [0.5, 0.6) is 5.75 Å². The number of aromatic nitrogens is 8. The summed E-state index contributed by atoms with van der Waals surface area (Å²) in [6.07, 6.45) is 11.9. The van der Waals surface area contributed by atoms with Crippen molar-refractivity contribution in [3.8, 4) is 28.9 Å². The molecule has 7 heterocycles. The molecule has 0 saturated carbocycles. The van der Waals surface area contributed by atoms with E-state index in [-0.39, 0.29) is 22.6 Å². The lowest BCUT2D eigenvalue weighted by Gasteiger charge is -2.19. The number of alkyl halides is 3. The zero-order valence-corrected chi connectivity index (χ0v) is 31.2. The number of halogens is 3. The van der Waals surface area contributed by atoms with Crippen molar-refractivity contribution in [1.82, 2.24) is 39.7 Å². The van der Waals surface area contributed by atoms with Gasteiger partial charge in [0.1, 0.15) is 5.60 Å². The molecule has 57 heavy (non-hydrogen) atoms. The minimum atomic E-state index is -5.88. The minimum Gasteiger partial charge on any atom is -0.449 e. The highest BCUT2D eigenvalue weighted by atomic mass is 32.2. The van der Waals surface area contributed by atoms with Crippen LogP contribution in [-0.2, 0) is 21.3 Å². The molecule has 0 atom stereocenters. The van der Waals surface area contributed by atoms with Gasteiger partial charge in [-0.15, -0.1) is 0 Å². The molecular formula is C37H30F3N9O7S. The number of anilines is 2. The monoisotopic (exact) mass is 801 g/mol. The normalized spacial score (nSPS) is 12.1. The number of pyridine rings is 2. The van der Waals surface area contributed by atoms with Gasteiger partial charge in [0.15, 0.2) is 34.3 Å². The van der Waals surface area contributed by atoms with Crippen molar-refractivity contribution < 1.29 is 44.1 Å². The highest BCUT2D eigenvalue weighted by Gasteiger charge is 2.49. The summed E-state index contributed by atoms with van der Waals surface area (Å²) < 4.78 is 82.8. The van der Waals surface area contributed by atoms with E-state index in [1.54, 1.807) is 30.9 Å². The third-order valence-electron chi connectivity index (χ3n) is 7.90. The van der Waals surface area contributed by atoms with Gasteiger partial charge in [0.05, 0.1) is 34.7 Å². The summed E-state index contributed by atoms with van der Waals surface area (Å²) in [5.41, 5.74) is -2.66. The van der Waals surface area contributed by atoms with E-state index < -0.39 is 33.1 Å². The lowest BCUT2D eigenvalue weighted by molar-refractivity contribution is -0.0499. The molecule has 20 heteroatoms. The van der Waals surface area contributed by atoms with Crippen LogP contribution in [0.15, 0.2) is 101 Å². The predicted molar refractivity (Wildman–Crippen MR) is 200 cm³/mol. The van der Waals surface area contributed by atoms with Crippen LogP contribution in [0.25, 0.3) is 56.0 Å². The van der Waals surface area contributed by atoms with E-state index in [1.165, 1.54) is 41.6 Å². The molecular weight excluding hydrogens is 772 g/mol. The minimum absolute atomic E-state index is 0.00437. The molecule has 16 nitrogen and oxygen atoms in total. The Morgan fingerprint density at radius 2 is 1.39 bits per heavy atom. The first-order valence-corrected chi connectivity index (χ1v) is 18.4. The van der Waals surface area contributed by atoms with Crippen molar-refractivity contribution in [2.45, 2.75) is 45.2 Å². The summed E-state index contributed by atoms with van der Waals surface area (Å²) in [5.74, 6) is -0.171. The molecule has 0 spiro atoms. The Bertz CT molecular complexity index is 2840. The third kappa shape index (κ3) is 7.79. The Hall–Kier alpha value is -6.96. The zero-order valence-electron chi connectivity index (χ0n) is 30.3. The van der Waals surface area contributed by atoms with E-state index >= 15 is 0 Å². The molecule has 292 valence electrons. The van der Waals surface area contributed by atoms with Gasteiger partial charge in [0, 0.05) is 53.6 Å². The third-order valence-corrected chi connectivity index (χ3v) is 8.85. The number of hydrogen-bond acceptors (Lipinski definition) is 15. The number of carbonyl (C=O) groups excluding carboxylic acids is 1. The van der Waals surface area contributed by atoms with Crippen LogP contribution in [0.3, 0.4) is 0 Å². The summed E-state index contributed by atoms with van der Waals surface area (Å²) >= 11 is 0. The van der Waals surface area contributed by atoms with E-state index in [2.05, 4.69) is 44.5 Å². The zero-order chi connectivity index (χ0) is 40.5. The smallest absolute Gasteiger partial charge is 0.449 e. The molecule has 0 fully saturated rings. The number of carbonyl (C=O) groups is 1. The molecule has 8 aromatic rings. The summed E-state index contributed by atoms with van der Waals surface area (Å²) in [5, 5.41) is 9.74. The van der Waals surface area contributed by atoms with Crippen molar-refractivity contribution in [3.05, 3.63) is 97.7 Å². The maximum absolute atomic E-state index is 12.9. The lowest BCUT2D eigenvalue weighted by Crippen LogP contribution is -2.28. The summed E-state index contributed by atoms with van der Waals surface area (Å²) in [6, 6.07) is 12.0. The molecule has 8 rings (SSSR count). The number of rotatable bonds is 7. The van der Waals surface area contributed by atoms with Gasteiger partial charge in [-0.1, -0.05) is 13.0 Å². The van der Waals surface area contributed by atoms with E-state index in [0.29, 0.717) is 34.8 Å². The van der Waals surface area contributed by atoms with Gasteiger partial charge in [-0.2, -0.15) is 31.4 Å². The van der Waals surface area contributed by atoms with Gasteiger partial charge in [-0.25, -0.2) is 24.7 Å². The van der Waals surface area contributed by atoms with E-state index in [4.69, 9.17) is 13.6 Å². The molecule has 7 aromatic heterocycles. The van der Waals surface area contributed by atoms with Crippen LogP contribution in [0, 0.1) is 0 Å². The lowest BCUT2D eigenvalue weighted by atomic mass is 10.1. The van der Waals surface area contributed by atoms with Gasteiger partial charge in [-0.05, 0) is 63.6 Å². The fourth-order valence-corrected chi connectivity index (χ4v) is 6.03. The molecule has 0 radical (unpaired) electrons. The standard InChI is InChI=1S/C25H24N6O3.C12H6F3N3O4S/c1-5-16-20-17(8-6-9-18(20)31(30-16)24(32)34-25(2,3)4)29-21-15-10-13-26-14-19(15)33-22(21)23-27-11-7-12-28-23;13-12(14,15)23(19,20)22-9-7-2-5-16-6-8(7)21-10(9)11-17-3-1-4-18-11/h6-14,29H,5H2,1-4H3;1-6H. The molecule has 1 N–H and O–H groups in total. The number of furan rings is 2. The maximum Gasteiger partial charge on any atom is 0.534 e. The first-order valence-electron chi connectivity index (χ1n) is 16.9. The number of ether oxygens (including phenoxy) is 1. The highest BCUT2D eigenvalue weighted by molar-refractivity contribution is 7.88.